The second-order valence-electron chi connectivity index (χ2n) is 6.22. The number of benzene rings is 1. The smallest absolute Gasteiger partial charge is 0.251 e. The van der Waals surface area contributed by atoms with E-state index in [1.807, 2.05) is 12.1 Å². The Morgan fingerprint density at radius 2 is 1.90 bits per heavy atom. The van der Waals surface area contributed by atoms with E-state index in [9.17, 15) is 4.79 Å². The van der Waals surface area contributed by atoms with Crippen molar-refractivity contribution in [2.75, 3.05) is 13.2 Å². The molecular weight excluding hydrogens is 264 g/mol. The molecule has 0 unspecified atom stereocenters. The van der Waals surface area contributed by atoms with E-state index in [0.717, 1.165) is 37.9 Å². The molecule has 0 bridgehead atoms. The molecule has 3 rings (SSSR count). The van der Waals surface area contributed by atoms with E-state index in [4.69, 9.17) is 5.11 Å². The molecule has 1 aromatic carbocycles. The first kappa shape index (κ1) is 14.5. The van der Waals surface area contributed by atoms with Crippen LogP contribution in [-0.4, -0.2) is 41.1 Å². The second kappa shape index (κ2) is 6.58. The van der Waals surface area contributed by atoms with Gasteiger partial charge in [0.25, 0.3) is 5.91 Å². The predicted molar refractivity (Wildman–Crippen MR) is 82.1 cm³/mol. The summed E-state index contributed by atoms with van der Waals surface area (Å²) in [5, 5.41) is 12.0. The molecule has 4 heteroatoms. The topological polar surface area (TPSA) is 52.6 Å². The van der Waals surface area contributed by atoms with Gasteiger partial charge < -0.3 is 10.4 Å². The number of amides is 1. The summed E-state index contributed by atoms with van der Waals surface area (Å²) < 4.78 is 0. The highest BCUT2D eigenvalue weighted by atomic mass is 16.3. The van der Waals surface area contributed by atoms with Crippen LogP contribution in [0, 0.1) is 0 Å². The third kappa shape index (κ3) is 4.29. The lowest BCUT2D eigenvalue weighted by Crippen LogP contribution is -2.27. The minimum Gasteiger partial charge on any atom is -0.396 e. The Balaban J connectivity index is 1.56. The molecule has 0 aromatic heterocycles. The molecule has 21 heavy (non-hydrogen) atoms. The number of rotatable bonds is 8. The van der Waals surface area contributed by atoms with Gasteiger partial charge in [0.1, 0.15) is 0 Å². The summed E-state index contributed by atoms with van der Waals surface area (Å²) >= 11 is 0. The second-order valence-corrected chi connectivity index (χ2v) is 6.22. The van der Waals surface area contributed by atoms with Crippen molar-refractivity contribution in [3.05, 3.63) is 35.4 Å². The Morgan fingerprint density at radius 1 is 1.19 bits per heavy atom. The van der Waals surface area contributed by atoms with Crippen molar-refractivity contribution >= 4 is 5.91 Å². The van der Waals surface area contributed by atoms with E-state index in [2.05, 4.69) is 22.3 Å². The zero-order valence-corrected chi connectivity index (χ0v) is 12.4. The lowest BCUT2D eigenvalue weighted by Gasteiger charge is -2.21. The quantitative estimate of drug-likeness (QED) is 0.768. The van der Waals surface area contributed by atoms with Crippen molar-refractivity contribution in [3.8, 4) is 0 Å². The van der Waals surface area contributed by atoms with Crippen LogP contribution in [0.1, 0.15) is 48.0 Å². The van der Waals surface area contributed by atoms with Crippen LogP contribution < -0.4 is 5.32 Å². The van der Waals surface area contributed by atoms with Gasteiger partial charge in [-0.25, -0.2) is 0 Å². The highest BCUT2D eigenvalue weighted by molar-refractivity contribution is 5.94. The molecule has 0 heterocycles. The molecule has 4 nitrogen and oxygen atoms in total. The van der Waals surface area contributed by atoms with Crippen molar-refractivity contribution in [1.29, 1.82) is 0 Å². The molecule has 114 valence electrons. The lowest BCUT2D eigenvalue weighted by atomic mass is 10.1. The van der Waals surface area contributed by atoms with E-state index < -0.39 is 0 Å². The van der Waals surface area contributed by atoms with Crippen LogP contribution in [-0.2, 0) is 6.54 Å². The fourth-order valence-corrected chi connectivity index (χ4v) is 2.60. The van der Waals surface area contributed by atoms with Gasteiger partial charge in [-0.1, -0.05) is 12.1 Å². The highest BCUT2D eigenvalue weighted by Gasteiger charge is 2.28. The fourth-order valence-electron chi connectivity index (χ4n) is 2.60. The van der Waals surface area contributed by atoms with Gasteiger partial charge in [-0.2, -0.15) is 0 Å². The maximum absolute atomic E-state index is 11.9. The summed E-state index contributed by atoms with van der Waals surface area (Å²) in [4.78, 5) is 14.4. The monoisotopic (exact) mass is 288 g/mol. The predicted octanol–water partition coefficient (Wildman–Crippen LogP) is 1.93. The van der Waals surface area contributed by atoms with Crippen molar-refractivity contribution in [1.82, 2.24) is 10.2 Å². The SMILES string of the molecule is O=C(NC1CC1)c1ccc(CN(CCCO)C2CC2)cc1. The molecule has 0 atom stereocenters. The Kier molecular flexibility index (Phi) is 4.56. The molecule has 0 spiro atoms. The first-order valence-corrected chi connectivity index (χ1v) is 8.01. The molecule has 2 N–H and O–H groups in total. The average molecular weight is 288 g/mol. The molecule has 2 saturated carbocycles. The minimum atomic E-state index is 0.0448. The zero-order valence-electron chi connectivity index (χ0n) is 12.4. The summed E-state index contributed by atoms with van der Waals surface area (Å²) in [6.07, 6.45) is 5.61. The van der Waals surface area contributed by atoms with Crippen molar-refractivity contribution in [2.24, 2.45) is 0 Å². The standard InChI is InChI=1S/C17H24N2O2/c20-11-1-10-19(16-8-9-16)12-13-2-4-14(5-3-13)17(21)18-15-6-7-15/h2-5,15-16,20H,1,6-12H2,(H,18,21). The van der Waals surface area contributed by atoms with Crippen LogP contribution >= 0.6 is 0 Å². The Bertz CT molecular complexity index is 478. The van der Waals surface area contributed by atoms with Gasteiger partial charge in [-0.15, -0.1) is 0 Å². The number of aliphatic hydroxyl groups excluding tert-OH is 1. The molecule has 1 aromatic rings. The van der Waals surface area contributed by atoms with E-state index in [1.54, 1.807) is 0 Å². The largest absolute Gasteiger partial charge is 0.396 e. The summed E-state index contributed by atoms with van der Waals surface area (Å²) in [6, 6.07) is 9.04. The molecule has 0 aliphatic heterocycles. The number of hydrogen-bond acceptors (Lipinski definition) is 3. The fraction of sp³-hybridized carbons (Fsp3) is 0.588. The van der Waals surface area contributed by atoms with Crippen LogP contribution in [0.15, 0.2) is 24.3 Å². The Labute approximate surface area is 126 Å². The van der Waals surface area contributed by atoms with E-state index >= 15 is 0 Å². The van der Waals surface area contributed by atoms with Crippen molar-refractivity contribution in [2.45, 2.75) is 50.7 Å². The summed E-state index contributed by atoms with van der Waals surface area (Å²) in [5.74, 6) is 0.0448. The molecule has 2 aliphatic rings. The Morgan fingerprint density at radius 3 is 2.48 bits per heavy atom. The highest BCUT2D eigenvalue weighted by Crippen LogP contribution is 2.28. The van der Waals surface area contributed by atoms with Crippen LogP contribution in [0.25, 0.3) is 0 Å². The van der Waals surface area contributed by atoms with Crippen molar-refractivity contribution in [3.63, 3.8) is 0 Å². The average Bonchev–Trinajstić information content (AvgIpc) is 3.37. The Hall–Kier alpha value is -1.39. The lowest BCUT2D eigenvalue weighted by molar-refractivity contribution is 0.0951. The van der Waals surface area contributed by atoms with Gasteiger partial charge in [0.2, 0.25) is 0 Å². The third-order valence-corrected chi connectivity index (χ3v) is 4.18. The maximum Gasteiger partial charge on any atom is 0.251 e. The van der Waals surface area contributed by atoms with Crippen LogP contribution in [0.5, 0.6) is 0 Å². The van der Waals surface area contributed by atoms with Gasteiger partial charge in [0, 0.05) is 37.3 Å². The summed E-state index contributed by atoms with van der Waals surface area (Å²) in [5.41, 5.74) is 1.99. The van der Waals surface area contributed by atoms with Crippen LogP contribution in [0.4, 0.5) is 0 Å². The van der Waals surface area contributed by atoms with E-state index in [-0.39, 0.29) is 12.5 Å². The molecule has 0 radical (unpaired) electrons. The molecule has 0 saturated heterocycles. The van der Waals surface area contributed by atoms with E-state index in [1.165, 1.54) is 18.4 Å². The number of aliphatic hydroxyl groups is 1. The van der Waals surface area contributed by atoms with Gasteiger partial charge in [-0.3, -0.25) is 9.69 Å². The third-order valence-electron chi connectivity index (χ3n) is 4.18. The maximum atomic E-state index is 11.9. The van der Waals surface area contributed by atoms with Crippen LogP contribution in [0.2, 0.25) is 0 Å². The molecule has 2 aliphatic carbocycles. The molecule has 2 fully saturated rings. The molecular formula is C17H24N2O2. The summed E-state index contributed by atoms with van der Waals surface area (Å²) in [7, 11) is 0. The van der Waals surface area contributed by atoms with Gasteiger partial charge in [0.15, 0.2) is 0 Å². The van der Waals surface area contributed by atoms with Crippen molar-refractivity contribution < 1.29 is 9.90 Å². The molecule has 1 amide bonds. The zero-order chi connectivity index (χ0) is 14.7. The van der Waals surface area contributed by atoms with Crippen LogP contribution in [0.3, 0.4) is 0 Å². The normalized spacial score (nSPS) is 18.0. The number of carbonyl (C=O) groups excluding carboxylic acids is 1. The minimum absolute atomic E-state index is 0.0448. The van der Waals surface area contributed by atoms with E-state index in [0.29, 0.717) is 12.1 Å². The first-order chi connectivity index (χ1) is 10.3. The first-order valence-electron chi connectivity index (χ1n) is 8.01. The van der Waals surface area contributed by atoms with Gasteiger partial charge in [0.05, 0.1) is 0 Å². The number of hydrogen-bond donors (Lipinski definition) is 2. The summed E-state index contributed by atoms with van der Waals surface area (Å²) in [6.45, 7) is 2.11. The van der Waals surface area contributed by atoms with Gasteiger partial charge >= 0.3 is 0 Å². The number of carbonyl (C=O) groups is 1. The number of nitrogens with zero attached hydrogens (tertiary/aromatic N) is 1. The number of nitrogens with one attached hydrogen (secondary N) is 1. The van der Waals surface area contributed by atoms with Gasteiger partial charge in [-0.05, 0) is 49.8 Å².